The second kappa shape index (κ2) is 6.49. The zero-order valence-corrected chi connectivity index (χ0v) is 15.9. The number of hydrogen-bond donors (Lipinski definition) is 4. The van der Waals surface area contributed by atoms with Crippen LogP contribution in [0.15, 0.2) is 61.2 Å². The van der Waals surface area contributed by atoms with Gasteiger partial charge in [-0.2, -0.15) is 10.2 Å². The Balaban J connectivity index is 1.53. The summed E-state index contributed by atoms with van der Waals surface area (Å²) in [5.41, 5.74) is 6.56. The molecule has 0 bridgehead atoms. The summed E-state index contributed by atoms with van der Waals surface area (Å²) < 4.78 is 13.9. The summed E-state index contributed by atoms with van der Waals surface area (Å²) in [7, 11) is 0. The van der Waals surface area contributed by atoms with Gasteiger partial charge in [0.1, 0.15) is 22.8 Å². The molecule has 0 aliphatic heterocycles. The van der Waals surface area contributed by atoms with Crippen LogP contribution in [0.3, 0.4) is 0 Å². The third-order valence-corrected chi connectivity index (χ3v) is 5.20. The zero-order chi connectivity index (χ0) is 20.9. The van der Waals surface area contributed by atoms with E-state index in [1.165, 1.54) is 12.1 Å². The number of phenolic OH excluding ortho intramolecular Hbond substituents is 1. The Labute approximate surface area is 173 Å². The number of aromatic nitrogens is 7. The van der Waals surface area contributed by atoms with Crippen molar-refractivity contribution in [1.29, 1.82) is 0 Å². The van der Waals surface area contributed by atoms with Crippen molar-refractivity contribution in [2.45, 2.75) is 0 Å². The lowest BCUT2D eigenvalue weighted by Crippen LogP contribution is -1.84. The summed E-state index contributed by atoms with van der Waals surface area (Å²) in [6, 6.07) is 9.69. The lowest BCUT2D eigenvalue weighted by Gasteiger charge is -2.04. The van der Waals surface area contributed by atoms with Crippen LogP contribution in [0.1, 0.15) is 0 Å². The van der Waals surface area contributed by atoms with Crippen molar-refractivity contribution in [2.24, 2.45) is 0 Å². The van der Waals surface area contributed by atoms with Gasteiger partial charge in [0.05, 0.1) is 34.8 Å². The van der Waals surface area contributed by atoms with Crippen LogP contribution in [0.4, 0.5) is 4.39 Å². The number of hydrogen-bond acceptors (Lipinski definition) is 5. The Morgan fingerprint density at radius 1 is 0.935 bits per heavy atom. The third kappa shape index (κ3) is 2.83. The molecule has 4 N–H and O–H groups in total. The first-order chi connectivity index (χ1) is 15.2. The van der Waals surface area contributed by atoms with E-state index in [2.05, 4.69) is 30.4 Å². The predicted octanol–water partition coefficient (Wildman–Crippen LogP) is 4.40. The molecule has 0 radical (unpaired) electrons. The topological polar surface area (TPSA) is 119 Å². The van der Waals surface area contributed by atoms with Crippen LogP contribution in [0.5, 0.6) is 5.75 Å². The number of benzene rings is 1. The summed E-state index contributed by atoms with van der Waals surface area (Å²) in [5.74, 6) is -0.658. The normalized spacial score (nSPS) is 11.5. The fraction of sp³-hybridized carbons (Fsp3) is 0. The van der Waals surface area contributed by atoms with E-state index in [-0.39, 0.29) is 5.75 Å². The second-order valence-corrected chi connectivity index (χ2v) is 7.18. The molecule has 5 aromatic heterocycles. The Morgan fingerprint density at radius 3 is 2.71 bits per heavy atom. The number of H-pyrrole nitrogens is 3. The number of phenols is 1. The first-order valence-electron chi connectivity index (χ1n) is 9.47. The van der Waals surface area contributed by atoms with Crippen LogP contribution >= 0.6 is 0 Å². The fourth-order valence-electron chi connectivity index (χ4n) is 3.78. The Morgan fingerprint density at radius 2 is 1.87 bits per heavy atom. The molecule has 0 atom stereocenters. The van der Waals surface area contributed by atoms with Crippen LogP contribution in [-0.4, -0.2) is 40.5 Å². The average Bonchev–Trinajstić information content (AvgIpc) is 3.50. The molecule has 9 heteroatoms. The molecule has 0 spiro atoms. The smallest absolute Gasteiger partial charge is 0.135 e. The molecule has 6 rings (SSSR count). The molecule has 8 nitrogen and oxygen atoms in total. The van der Waals surface area contributed by atoms with Gasteiger partial charge in [-0.25, -0.2) is 9.37 Å². The number of pyridine rings is 2. The van der Waals surface area contributed by atoms with Gasteiger partial charge in [-0.05, 0) is 35.9 Å². The molecule has 31 heavy (non-hydrogen) atoms. The molecule has 0 aliphatic carbocycles. The van der Waals surface area contributed by atoms with E-state index >= 15 is 0 Å². The molecule has 6 aromatic rings. The zero-order valence-electron chi connectivity index (χ0n) is 15.9. The summed E-state index contributed by atoms with van der Waals surface area (Å²) >= 11 is 0. The van der Waals surface area contributed by atoms with E-state index < -0.39 is 5.82 Å². The molecule has 0 unspecified atom stereocenters. The van der Waals surface area contributed by atoms with Gasteiger partial charge < -0.3 is 10.1 Å². The van der Waals surface area contributed by atoms with E-state index in [0.29, 0.717) is 22.3 Å². The molecule has 0 amide bonds. The van der Waals surface area contributed by atoms with Gasteiger partial charge in [0.15, 0.2) is 0 Å². The highest BCUT2D eigenvalue weighted by Crippen LogP contribution is 2.34. The van der Waals surface area contributed by atoms with E-state index in [0.717, 1.165) is 39.4 Å². The molecule has 0 aliphatic rings. The third-order valence-electron chi connectivity index (χ3n) is 5.20. The van der Waals surface area contributed by atoms with Crippen LogP contribution in [0, 0.1) is 5.82 Å². The van der Waals surface area contributed by atoms with Gasteiger partial charge in [-0.1, -0.05) is 0 Å². The van der Waals surface area contributed by atoms with E-state index in [1.807, 2.05) is 18.2 Å². The second-order valence-electron chi connectivity index (χ2n) is 7.18. The largest absolute Gasteiger partial charge is 0.508 e. The lowest BCUT2D eigenvalue weighted by atomic mass is 10.0. The average molecular weight is 411 g/mol. The van der Waals surface area contributed by atoms with Crippen molar-refractivity contribution >= 4 is 21.9 Å². The minimum absolute atomic E-state index is 0.142. The van der Waals surface area contributed by atoms with Gasteiger partial charge >= 0.3 is 0 Å². The number of nitrogens with zero attached hydrogens (tertiary/aromatic N) is 4. The number of halogens is 1. The number of nitrogens with one attached hydrogen (secondary N) is 3. The van der Waals surface area contributed by atoms with E-state index in [1.54, 1.807) is 24.8 Å². The Bertz CT molecular complexity index is 1550. The maximum absolute atomic E-state index is 13.9. The van der Waals surface area contributed by atoms with Crippen molar-refractivity contribution in [3.8, 4) is 39.5 Å². The maximum atomic E-state index is 13.9. The van der Waals surface area contributed by atoms with Crippen LogP contribution in [-0.2, 0) is 0 Å². The van der Waals surface area contributed by atoms with Crippen LogP contribution in [0.2, 0.25) is 0 Å². The van der Waals surface area contributed by atoms with E-state index in [9.17, 15) is 9.50 Å². The molecular weight excluding hydrogens is 397 g/mol. The summed E-state index contributed by atoms with van der Waals surface area (Å²) in [4.78, 5) is 12.3. The van der Waals surface area contributed by atoms with Gasteiger partial charge in [-0.3, -0.25) is 15.2 Å². The first kappa shape index (κ1) is 17.3. The maximum Gasteiger partial charge on any atom is 0.135 e. The minimum atomic E-state index is -0.517. The van der Waals surface area contributed by atoms with Gasteiger partial charge in [0.25, 0.3) is 0 Å². The highest BCUT2D eigenvalue weighted by molar-refractivity contribution is 6.00. The lowest BCUT2D eigenvalue weighted by molar-refractivity contribution is 0.469. The SMILES string of the molecule is Oc1cc(F)cc(-c2cncc3[nH]c(-c4n[nH]c5ccc(-c6cn[nH]c6)nc45)cc23)c1. The molecule has 150 valence electrons. The molecule has 1 aromatic carbocycles. The number of fused-ring (bicyclic) bond motifs is 2. The molecule has 5 heterocycles. The van der Waals surface area contributed by atoms with Crippen LogP contribution < -0.4 is 0 Å². The number of aromatic hydroxyl groups is 1. The Hall–Kier alpha value is -4.53. The van der Waals surface area contributed by atoms with Gasteiger partial charge in [0, 0.05) is 35.0 Å². The van der Waals surface area contributed by atoms with Crippen molar-refractivity contribution in [1.82, 2.24) is 35.3 Å². The van der Waals surface area contributed by atoms with Crippen molar-refractivity contribution in [2.75, 3.05) is 0 Å². The molecule has 0 saturated heterocycles. The van der Waals surface area contributed by atoms with Gasteiger partial charge in [0.2, 0.25) is 0 Å². The summed E-state index contributed by atoms with van der Waals surface area (Å²) in [6.45, 7) is 0. The summed E-state index contributed by atoms with van der Waals surface area (Å²) in [5, 5.41) is 24.9. The van der Waals surface area contributed by atoms with Crippen molar-refractivity contribution in [3.05, 3.63) is 67.0 Å². The first-order valence-corrected chi connectivity index (χ1v) is 9.47. The van der Waals surface area contributed by atoms with Gasteiger partial charge in [-0.15, -0.1) is 0 Å². The standard InChI is InChI=1S/C22H14FN7O/c23-13-3-11(4-14(31)5-13)16-9-24-10-20-15(16)6-19(27-20)22-21-18(29-30-22)2-1-17(28-21)12-7-25-26-8-12/h1-10,27,31H,(H,25,26)(H,29,30). The van der Waals surface area contributed by atoms with E-state index in [4.69, 9.17) is 4.98 Å². The van der Waals surface area contributed by atoms with Crippen LogP contribution in [0.25, 0.3) is 55.7 Å². The quantitative estimate of drug-likeness (QED) is 0.344. The number of aromatic amines is 3. The van der Waals surface area contributed by atoms with Crippen molar-refractivity contribution in [3.63, 3.8) is 0 Å². The number of rotatable bonds is 3. The fourth-order valence-corrected chi connectivity index (χ4v) is 3.78. The highest BCUT2D eigenvalue weighted by atomic mass is 19.1. The summed E-state index contributed by atoms with van der Waals surface area (Å²) in [6.07, 6.45) is 6.83. The molecular formula is C22H14FN7O. The highest BCUT2D eigenvalue weighted by Gasteiger charge is 2.16. The predicted molar refractivity (Wildman–Crippen MR) is 114 cm³/mol. The molecule has 0 fully saturated rings. The van der Waals surface area contributed by atoms with Crippen molar-refractivity contribution < 1.29 is 9.50 Å². The monoisotopic (exact) mass is 411 g/mol. The Kier molecular flexibility index (Phi) is 3.63. The molecule has 0 saturated carbocycles. The minimum Gasteiger partial charge on any atom is -0.508 e.